The lowest BCUT2D eigenvalue weighted by Crippen LogP contribution is -2.21. The third-order valence-corrected chi connectivity index (χ3v) is 3.32. The fourth-order valence-electron chi connectivity index (χ4n) is 2.05. The molecule has 0 aliphatic rings. The first-order valence-electron chi connectivity index (χ1n) is 6.98. The first kappa shape index (κ1) is 15.1. The van der Waals surface area contributed by atoms with E-state index in [1.807, 2.05) is 6.92 Å². The van der Waals surface area contributed by atoms with E-state index >= 15 is 0 Å². The van der Waals surface area contributed by atoms with Crippen LogP contribution in [0.25, 0.3) is 5.65 Å². The molecular formula is C15H14ClN5O2. The normalized spacial score (nSPS) is 10.5. The minimum absolute atomic E-state index is 0.244. The average Bonchev–Trinajstić information content (AvgIpc) is 2.94. The minimum atomic E-state index is -0.441. The number of fused-ring (bicyclic) bond motifs is 1. The summed E-state index contributed by atoms with van der Waals surface area (Å²) in [4.78, 5) is 12.1. The molecule has 1 aromatic carbocycles. The molecule has 3 rings (SSSR count). The molecule has 0 fully saturated rings. The van der Waals surface area contributed by atoms with Gasteiger partial charge in [0, 0.05) is 5.69 Å². The standard InChI is InChI=1S/C15H14ClN5O2/c1-2-23-11-8-6-10(7-9-11)17-15(22)18-14-20-19-13-5-3-4-12(16)21(13)14/h3-9H,2H2,1H3,(H2,17,18,20,22). The number of benzene rings is 1. The first-order valence-corrected chi connectivity index (χ1v) is 7.35. The number of urea groups is 1. The molecule has 0 radical (unpaired) electrons. The zero-order chi connectivity index (χ0) is 16.2. The Kier molecular flexibility index (Phi) is 4.29. The van der Waals surface area contributed by atoms with Crippen LogP contribution in [0.5, 0.6) is 5.75 Å². The van der Waals surface area contributed by atoms with Crippen molar-refractivity contribution >= 4 is 34.9 Å². The van der Waals surface area contributed by atoms with Gasteiger partial charge in [0.2, 0.25) is 5.95 Å². The first-order chi connectivity index (χ1) is 11.2. The Balaban J connectivity index is 1.71. The quantitative estimate of drug-likeness (QED) is 0.718. The second-order valence-corrected chi connectivity index (χ2v) is 4.99. The molecule has 3 aromatic rings. The van der Waals surface area contributed by atoms with E-state index in [4.69, 9.17) is 16.3 Å². The number of aromatic nitrogens is 3. The average molecular weight is 332 g/mol. The summed E-state index contributed by atoms with van der Waals surface area (Å²) in [5.41, 5.74) is 1.18. The van der Waals surface area contributed by atoms with Gasteiger partial charge in [-0.05, 0) is 43.3 Å². The van der Waals surface area contributed by atoms with Crippen LogP contribution in [0.1, 0.15) is 6.92 Å². The Morgan fingerprint density at radius 1 is 1.17 bits per heavy atom. The molecule has 0 saturated carbocycles. The number of ether oxygens (including phenoxy) is 1. The second kappa shape index (κ2) is 6.53. The van der Waals surface area contributed by atoms with Gasteiger partial charge in [0.15, 0.2) is 5.65 Å². The molecule has 2 heterocycles. The lowest BCUT2D eigenvalue weighted by molar-refractivity contribution is 0.262. The molecule has 2 aromatic heterocycles. The molecule has 8 heteroatoms. The maximum Gasteiger partial charge on any atom is 0.326 e. The summed E-state index contributed by atoms with van der Waals surface area (Å²) in [6.07, 6.45) is 0. The van der Waals surface area contributed by atoms with E-state index in [0.29, 0.717) is 23.1 Å². The van der Waals surface area contributed by atoms with Crippen LogP contribution in [0.2, 0.25) is 5.15 Å². The molecular weight excluding hydrogens is 318 g/mol. The van der Waals surface area contributed by atoms with Crippen molar-refractivity contribution in [2.75, 3.05) is 17.2 Å². The zero-order valence-electron chi connectivity index (χ0n) is 12.3. The molecule has 0 spiro atoms. The maximum absolute atomic E-state index is 12.1. The van der Waals surface area contributed by atoms with Crippen molar-refractivity contribution in [1.29, 1.82) is 0 Å². The molecule has 7 nitrogen and oxygen atoms in total. The van der Waals surface area contributed by atoms with Gasteiger partial charge in [0.05, 0.1) is 6.61 Å². The molecule has 118 valence electrons. The summed E-state index contributed by atoms with van der Waals surface area (Å²) in [6.45, 7) is 2.50. The van der Waals surface area contributed by atoms with E-state index in [2.05, 4.69) is 20.8 Å². The summed E-state index contributed by atoms with van der Waals surface area (Å²) in [6, 6.07) is 11.8. The van der Waals surface area contributed by atoms with Gasteiger partial charge < -0.3 is 10.1 Å². The molecule has 0 atom stereocenters. The van der Waals surface area contributed by atoms with Crippen molar-refractivity contribution < 1.29 is 9.53 Å². The van der Waals surface area contributed by atoms with Crippen LogP contribution >= 0.6 is 11.6 Å². The van der Waals surface area contributed by atoms with E-state index in [9.17, 15) is 4.79 Å². The fraction of sp³-hybridized carbons (Fsp3) is 0.133. The van der Waals surface area contributed by atoms with Crippen LogP contribution < -0.4 is 15.4 Å². The Morgan fingerprint density at radius 2 is 1.96 bits per heavy atom. The number of halogens is 1. The molecule has 23 heavy (non-hydrogen) atoms. The third kappa shape index (κ3) is 3.35. The van der Waals surface area contributed by atoms with E-state index in [1.54, 1.807) is 46.9 Å². The van der Waals surface area contributed by atoms with Gasteiger partial charge in [-0.3, -0.25) is 9.72 Å². The van der Waals surface area contributed by atoms with Crippen LogP contribution in [0.4, 0.5) is 16.4 Å². The van der Waals surface area contributed by atoms with Crippen molar-refractivity contribution in [3.05, 3.63) is 47.6 Å². The Labute approximate surface area is 137 Å². The molecule has 0 aliphatic carbocycles. The lowest BCUT2D eigenvalue weighted by atomic mass is 10.3. The van der Waals surface area contributed by atoms with Gasteiger partial charge in [-0.1, -0.05) is 17.7 Å². The number of hydrogen-bond acceptors (Lipinski definition) is 4. The van der Waals surface area contributed by atoms with Crippen LogP contribution in [-0.4, -0.2) is 27.2 Å². The van der Waals surface area contributed by atoms with Crippen molar-refractivity contribution in [2.45, 2.75) is 6.92 Å². The van der Waals surface area contributed by atoms with Gasteiger partial charge in [0.1, 0.15) is 10.9 Å². The highest BCUT2D eigenvalue weighted by atomic mass is 35.5. The number of carbonyl (C=O) groups excluding carboxylic acids is 1. The molecule has 0 bridgehead atoms. The molecule has 2 amide bonds. The Bertz CT molecular complexity index is 832. The highest BCUT2D eigenvalue weighted by Gasteiger charge is 2.11. The van der Waals surface area contributed by atoms with Crippen molar-refractivity contribution in [2.24, 2.45) is 0 Å². The summed E-state index contributed by atoms with van der Waals surface area (Å²) in [7, 11) is 0. The van der Waals surface area contributed by atoms with E-state index in [1.165, 1.54) is 0 Å². The SMILES string of the molecule is CCOc1ccc(NC(=O)Nc2nnc3cccc(Cl)n23)cc1. The van der Waals surface area contributed by atoms with E-state index in [0.717, 1.165) is 5.75 Å². The van der Waals surface area contributed by atoms with Crippen molar-refractivity contribution in [1.82, 2.24) is 14.6 Å². The number of rotatable bonds is 4. The van der Waals surface area contributed by atoms with E-state index in [-0.39, 0.29) is 5.95 Å². The Morgan fingerprint density at radius 3 is 2.70 bits per heavy atom. The zero-order valence-corrected chi connectivity index (χ0v) is 13.0. The second-order valence-electron chi connectivity index (χ2n) is 4.60. The summed E-state index contributed by atoms with van der Waals surface area (Å²) >= 11 is 6.09. The fourth-order valence-corrected chi connectivity index (χ4v) is 2.29. The third-order valence-electron chi connectivity index (χ3n) is 3.03. The van der Waals surface area contributed by atoms with Gasteiger partial charge >= 0.3 is 6.03 Å². The number of anilines is 2. The van der Waals surface area contributed by atoms with Gasteiger partial charge in [-0.2, -0.15) is 0 Å². The van der Waals surface area contributed by atoms with Crippen LogP contribution in [0, 0.1) is 0 Å². The lowest BCUT2D eigenvalue weighted by Gasteiger charge is -2.08. The maximum atomic E-state index is 12.1. The summed E-state index contributed by atoms with van der Waals surface area (Å²) < 4.78 is 6.89. The van der Waals surface area contributed by atoms with Crippen molar-refractivity contribution in [3.8, 4) is 5.75 Å². The van der Waals surface area contributed by atoms with Crippen molar-refractivity contribution in [3.63, 3.8) is 0 Å². The minimum Gasteiger partial charge on any atom is -0.494 e. The predicted octanol–water partition coefficient (Wildman–Crippen LogP) is 3.43. The number of nitrogens with one attached hydrogen (secondary N) is 2. The Hall–Kier alpha value is -2.80. The van der Waals surface area contributed by atoms with E-state index < -0.39 is 6.03 Å². The van der Waals surface area contributed by atoms with Crippen LogP contribution in [-0.2, 0) is 0 Å². The molecule has 2 N–H and O–H groups in total. The predicted molar refractivity (Wildman–Crippen MR) is 88.2 cm³/mol. The summed E-state index contributed by atoms with van der Waals surface area (Å²) in [5.74, 6) is 0.989. The highest BCUT2D eigenvalue weighted by molar-refractivity contribution is 6.30. The molecule has 0 aliphatic heterocycles. The smallest absolute Gasteiger partial charge is 0.326 e. The van der Waals surface area contributed by atoms with Crippen LogP contribution in [0.3, 0.4) is 0 Å². The van der Waals surface area contributed by atoms with Crippen LogP contribution in [0.15, 0.2) is 42.5 Å². The number of pyridine rings is 1. The number of carbonyl (C=O) groups is 1. The van der Waals surface area contributed by atoms with Gasteiger partial charge in [-0.15, -0.1) is 10.2 Å². The monoisotopic (exact) mass is 331 g/mol. The number of amides is 2. The van der Waals surface area contributed by atoms with Gasteiger partial charge in [0.25, 0.3) is 0 Å². The molecule has 0 unspecified atom stereocenters. The largest absolute Gasteiger partial charge is 0.494 e. The van der Waals surface area contributed by atoms with Gasteiger partial charge in [-0.25, -0.2) is 4.79 Å². The number of nitrogens with zero attached hydrogens (tertiary/aromatic N) is 3. The number of hydrogen-bond donors (Lipinski definition) is 2. The topological polar surface area (TPSA) is 80.5 Å². The summed E-state index contributed by atoms with van der Waals surface area (Å²) in [5, 5.41) is 13.6. The highest BCUT2D eigenvalue weighted by Crippen LogP contribution is 2.18. The molecule has 0 saturated heterocycles.